The lowest BCUT2D eigenvalue weighted by atomic mass is 9.82. The number of nitrogens with one attached hydrogen (secondary N) is 1. The highest BCUT2D eigenvalue weighted by molar-refractivity contribution is 6.04. The van der Waals surface area contributed by atoms with Gasteiger partial charge >= 0.3 is 0 Å². The summed E-state index contributed by atoms with van der Waals surface area (Å²) in [6.07, 6.45) is 6.75. The number of hydrogen-bond acceptors (Lipinski definition) is 6. The fourth-order valence-corrected chi connectivity index (χ4v) is 4.72. The molecular formula is C30H31FN4O3. The maximum Gasteiger partial charge on any atom is 0.255 e. The Labute approximate surface area is 222 Å². The topological polar surface area (TPSA) is 76.6 Å². The molecule has 0 spiro atoms. The van der Waals surface area contributed by atoms with Gasteiger partial charge in [0.15, 0.2) is 0 Å². The molecule has 1 aliphatic carbocycles. The van der Waals surface area contributed by atoms with Gasteiger partial charge in [0, 0.05) is 55.3 Å². The number of pyridine rings is 2. The Morgan fingerprint density at radius 3 is 2.76 bits per heavy atom. The standard InChI is InChI=1S/C30H31FN4O3/c1-20-15-25(31)28(34-30(36)22-8-9-32-27(16-22)21-5-3-6-21)18-24(20)23-17-29(35-10-13-38-14-11-35)26(33-19-23)7-4-12-37-2/h8-9,15-19,21H,3,5-6,10-14H2,1-2H3,(H,34,36). The number of aryl methyl sites for hydroxylation is 1. The van der Waals surface area contributed by atoms with E-state index >= 15 is 4.39 Å². The normalized spacial score (nSPS) is 15.4. The zero-order valence-corrected chi connectivity index (χ0v) is 21.7. The molecular weight excluding hydrogens is 483 g/mol. The third-order valence-electron chi connectivity index (χ3n) is 7.08. The molecule has 2 aliphatic rings. The van der Waals surface area contributed by atoms with Crippen molar-refractivity contribution in [2.45, 2.75) is 32.1 Å². The monoisotopic (exact) mass is 514 g/mol. The second-order valence-electron chi connectivity index (χ2n) is 9.62. The SMILES string of the molecule is COCC#Cc1ncc(-c2cc(NC(=O)c3ccnc(C4CCC4)c3)c(F)cc2C)cc1N1CCOCC1. The number of benzene rings is 1. The molecule has 3 heterocycles. The van der Waals surface area contributed by atoms with Gasteiger partial charge in [-0.1, -0.05) is 12.3 Å². The third-order valence-corrected chi connectivity index (χ3v) is 7.08. The molecule has 1 saturated heterocycles. The number of nitrogens with zero attached hydrogens (tertiary/aromatic N) is 3. The molecule has 1 saturated carbocycles. The van der Waals surface area contributed by atoms with Gasteiger partial charge in [-0.15, -0.1) is 0 Å². The predicted octanol–water partition coefficient (Wildman–Crippen LogP) is 4.95. The van der Waals surface area contributed by atoms with Crippen LogP contribution >= 0.6 is 0 Å². The Bertz CT molecular complexity index is 1390. The maximum absolute atomic E-state index is 15.0. The molecule has 38 heavy (non-hydrogen) atoms. The highest BCUT2D eigenvalue weighted by Gasteiger charge is 2.22. The van der Waals surface area contributed by atoms with Crippen molar-refractivity contribution in [2.75, 3.05) is 50.2 Å². The number of carbonyl (C=O) groups is 1. The van der Waals surface area contributed by atoms with Gasteiger partial charge < -0.3 is 19.7 Å². The van der Waals surface area contributed by atoms with E-state index in [9.17, 15) is 4.79 Å². The first-order valence-corrected chi connectivity index (χ1v) is 12.9. The average Bonchev–Trinajstić information content (AvgIpc) is 2.90. The van der Waals surface area contributed by atoms with E-state index in [4.69, 9.17) is 9.47 Å². The molecule has 1 aromatic carbocycles. The van der Waals surface area contributed by atoms with Gasteiger partial charge in [-0.2, -0.15) is 0 Å². The number of ether oxygens (including phenoxy) is 2. The minimum atomic E-state index is -0.490. The number of amides is 1. The molecule has 0 unspecified atom stereocenters. The first kappa shape index (κ1) is 25.8. The number of halogens is 1. The summed E-state index contributed by atoms with van der Waals surface area (Å²) in [5.41, 5.74) is 5.39. The van der Waals surface area contributed by atoms with Crippen LogP contribution in [-0.2, 0) is 9.47 Å². The summed E-state index contributed by atoms with van der Waals surface area (Å²) in [4.78, 5) is 24.3. The molecule has 0 atom stereocenters. The second-order valence-corrected chi connectivity index (χ2v) is 9.62. The number of aromatic nitrogens is 2. The van der Waals surface area contributed by atoms with Crippen molar-refractivity contribution in [1.29, 1.82) is 0 Å². The number of rotatable bonds is 6. The van der Waals surface area contributed by atoms with Crippen molar-refractivity contribution >= 4 is 17.3 Å². The Kier molecular flexibility index (Phi) is 7.97. The highest BCUT2D eigenvalue weighted by atomic mass is 19.1. The Hall–Kier alpha value is -3.80. The number of hydrogen-bond donors (Lipinski definition) is 1. The minimum absolute atomic E-state index is 0.120. The zero-order valence-electron chi connectivity index (χ0n) is 21.7. The second kappa shape index (κ2) is 11.7. The van der Waals surface area contributed by atoms with Crippen molar-refractivity contribution < 1.29 is 18.7 Å². The van der Waals surface area contributed by atoms with Crippen LogP contribution in [0.15, 0.2) is 42.7 Å². The predicted molar refractivity (Wildman–Crippen MR) is 145 cm³/mol. The van der Waals surface area contributed by atoms with Gasteiger partial charge in [-0.3, -0.25) is 9.78 Å². The van der Waals surface area contributed by atoms with Crippen LogP contribution in [0.1, 0.15) is 52.5 Å². The highest BCUT2D eigenvalue weighted by Crippen LogP contribution is 2.36. The van der Waals surface area contributed by atoms with Crippen LogP contribution in [0.4, 0.5) is 15.8 Å². The van der Waals surface area contributed by atoms with Crippen LogP contribution in [-0.4, -0.2) is 55.9 Å². The lowest BCUT2D eigenvalue weighted by Gasteiger charge is -2.29. The minimum Gasteiger partial charge on any atom is -0.378 e. The van der Waals surface area contributed by atoms with Crippen LogP contribution in [0.3, 0.4) is 0 Å². The Morgan fingerprint density at radius 1 is 1.21 bits per heavy atom. The van der Waals surface area contributed by atoms with Gasteiger partial charge in [-0.25, -0.2) is 9.37 Å². The van der Waals surface area contributed by atoms with E-state index in [1.54, 1.807) is 31.6 Å². The van der Waals surface area contributed by atoms with E-state index in [1.807, 2.05) is 19.1 Å². The maximum atomic E-state index is 15.0. The summed E-state index contributed by atoms with van der Waals surface area (Å²) >= 11 is 0. The molecule has 1 N–H and O–H groups in total. The largest absolute Gasteiger partial charge is 0.378 e. The van der Waals surface area contributed by atoms with E-state index in [1.165, 1.54) is 12.5 Å². The van der Waals surface area contributed by atoms with Crippen LogP contribution < -0.4 is 10.2 Å². The van der Waals surface area contributed by atoms with Gasteiger partial charge in [0.05, 0.1) is 24.6 Å². The molecule has 3 aromatic rings. The van der Waals surface area contributed by atoms with Crippen LogP contribution in [0.25, 0.3) is 11.1 Å². The van der Waals surface area contributed by atoms with Crippen LogP contribution in [0, 0.1) is 24.6 Å². The number of carbonyl (C=O) groups excluding carboxylic acids is 1. The molecule has 8 heteroatoms. The van der Waals surface area contributed by atoms with Crippen molar-refractivity contribution in [3.05, 3.63) is 71.1 Å². The smallest absolute Gasteiger partial charge is 0.255 e. The van der Waals surface area contributed by atoms with Gasteiger partial charge in [0.25, 0.3) is 5.91 Å². The first-order valence-electron chi connectivity index (χ1n) is 12.9. The summed E-state index contributed by atoms with van der Waals surface area (Å²) in [5, 5.41) is 2.76. The molecule has 7 nitrogen and oxygen atoms in total. The van der Waals surface area contributed by atoms with Crippen molar-refractivity contribution in [3.63, 3.8) is 0 Å². The first-order chi connectivity index (χ1) is 18.5. The van der Waals surface area contributed by atoms with E-state index in [0.717, 1.165) is 54.0 Å². The summed E-state index contributed by atoms with van der Waals surface area (Å²) in [6, 6.07) is 8.61. The zero-order chi connectivity index (χ0) is 26.5. The third kappa shape index (κ3) is 5.69. The summed E-state index contributed by atoms with van der Waals surface area (Å²) in [6.45, 7) is 4.85. The summed E-state index contributed by atoms with van der Waals surface area (Å²) in [7, 11) is 1.60. The molecule has 2 aromatic heterocycles. The Morgan fingerprint density at radius 2 is 2.03 bits per heavy atom. The molecule has 1 aliphatic heterocycles. The fourth-order valence-electron chi connectivity index (χ4n) is 4.72. The lowest BCUT2D eigenvalue weighted by molar-refractivity contribution is 0.102. The van der Waals surface area contributed by atoms with Crippen molar-refractivity contribution in [3.8, 4) is 23.0 Å². The molecule has 0 bridgehead atoms. The summed E-state index contributed by atoms with van der Waals surface area (Å²) in [5.74, 6) is 5.63. The van der Waals surface area contributed by atoms with E-state index in [2.05, 4.69) is 32.0 Å². The van der Waals surface area contributed by atoms with Crippen LogP contribution in [0.5, 0.6) is 0 Å². The lowest BCUT2D eigenvalue weighted by Crippen LogP contribution is -2.36. The van der Waals surface area contributed by atoms with Crippen LogP contribution in [0.2, 0.25) is 0 Å². The average molecular weight is 515 g/mol. The molecule has 0 radical (unpaired) electrons. The number of morpholine rings is 1. The van der Waals surface area contributed by atoms with Gasteiger partial charge in [-0.05, 0) is 67.1 Å². The van der Waals surface area contributed by atoms with E-state index < -0.39 is 5.82 Å². The number of anilines is 2. The van der Waals surface area contributed by atoms with Gasteiger partial charge in [0.2, 0.25) is 0 Å². The molecule has 196 valence electrons. The fraction of sp³-hybridized carbons (Fsp3) is 0.367. The molecule has 5 rings (SSSR count). The van der Waals surface area contributed by atoms with Crippen molar-refractivity contribution in [1.82, 2.24) is 9.97 Å². The van der Waals surface area contributed by atoms with Gasteiger partial charge in [0.1, 0.15) is 18.1 Å². The quantitative estimate of drug-likeness (QED) is 0.470. The van der Waals surface area contributed by atoms with E-state index in [-0.39, 0.29) is 11.6 Å². The Balaban J connectivity index is 1.45. The molecule has 1 amide bonds. The van der Waals surface area contributed by atoms with Crippen molar-refractivity contribution in [2.24, 2.45) is 0 Å². The van der Waals surface area contributed by atoms with E-state index in [0.29, 0.717) is 37.0 Å². The summed E-state index contributed by atoms with van der Waals surface area (Å²) < 4.78 is 25.6. The number of methoxy groups -OCH3 is 1. The molecule has 2 fully saturated rings.